The van der Waals surface area contributed by atoms with Crippen LogP contribution >= 0.6 is 0 Å². The van der Waals surface area contributed by atoms with Crippen LogP contribution in [0, 0.1) is 0 Å². The number of hydrogen-bond acceptors (Lipinski definition) is 3. The summed E-state index contributed by atoms with van der Waals surface area (Å²) in [4.78, 5) is 14.3. The Labute approximate surface area is 115 Å². The van der Waals surface area contributed by atoms with Crippen LogP contribution < -0.4 is 0 Å². The molecule has 1 aromatic carbocycles. The summed E-state index contributed by atoms with van der Waals surface area (Å²) in [5.74, 6) is 0.221. The molecule has 1 aliphatic rings. The van der Waals surface area contributed by atoms with Gasteiger partial charge in [0.2, 0.25) is 0 Å². The average Bonchev–Trinajstić information content (AvgIpc) is 2.48. The van der Waals surface area contributed by atoms with Gasteiger partial charge in [-0.25, -0.2) is 0 Å². The first kappa shape index (κ1) is 14.2. The number of hydrogen-bond donors (Lipinski definition) is 1. The Morgan fingerprint density at radius 2 is 2.05 bits per heavy atom. The Hall–Kier alpha value is -1.19. The Kier molecular flexibility index (Phi) is 5.55. The van der Waals surface area contributed by atoms with E-state index in [0.29, 0.717) is 12.5 Å². The SMILES string of the molecule is O=C(CCCN1CCCCC1CO)c1ccccc1. The minimum absolute atomic E-state index is 0.221. The number of benzene rings is 1. The van der Waals surface area contributed by atoms with Crippen LogP contribution in [-0.2, 0) is 0 Å². The normalized spacial score (nSPS) is 20.4. The highest BCUT2D eigenvalue weighted by atomic mass is 16.3. The Balaban J connectivity index is 1.75. The summed E-state index contributed by atoms with van der Waals surface area (Å²) in [7, 11) is 0. The van der Waals surface area contributed by atoms with E-state index in [2.05, 4.69) is 4.90 Å². The molecule has 0 aliphatic carbocycles. The first-order chi connectivity index (χ1) is 9.31. The Morgan fingerprint density at radius 3 is 2.79 bits per heavy atom. The van der Waals surface area contributed by atoms with Gasteiger partial charge in [0, 0.05) is 18.0 Å². The summed E-state index contributed by atoms with van der Waals surface area (Å²) < 4.78 is 0. The standard InChI is InChI=1S/C16H23NO2/c18-13-15-9-4-5-11-17(15)12-6-10-16(19)14-7-2-1-3-8-14/h1-3,7-8,15,18H,4-6,9-13H2. The number of carbonyl (C=O) groups is 1. The van der Waals surface area contributed by atoms with E-state index < -0.39 is 0 Å². The van der Waals surface area contributed by atoms with Crippen LogP contribution in [0.15, 0.2) is 30.3 Å². The van der Waals surface area contributed by atoms with Gasteiger partial charge in [0.05, 0.1) is 6.61 Å². The van der Waals surface area contributed by atoms with E-state index in [0.717, 1.165) is 31.5 Å². The van der Waals surface area contributed by atoms with Gasteiger partial charge >= 0.3 is 0 Å². The summed E-state index contributed by atoms with van der Waals surface area (Å²) in [6, 6.07) is 9.79. The first-order valence-corrected chi connectivity index (χ1v) is 7.24. The van der Waals surface area contributed by atoms with E-state index >= 15 is 0 Å². The maximum Gasteiger partial charge on any atom is 0.162 e. The lowest BCUT2D eigenvalue weighted by Gasteiger charge is -2.34. The van der Waals surface area contributed by atoms with Crippen LogP contribution in [0.5, 0.6) is 0 Å². The van der Waals surface area contributed by atoms with E-state index in [1.807, 2.05) is 30.3 Å². The number of rotatable bonds is 6. The molecule has 0 aromatic heterocycles. The van der Waals surface area contributed by atoms with Gasteiger partial charge in [0.25, 0.3) is 0 Å². The maximum absolute atomic E-state index is 12.0. The molecule has 0 bridgehead atoms. The van der Waals surface area contributed by atoms with Gasteiger partial charge in [-0.05, 0) is 32.4 Å². The summed E-state index contributed by atoms with van der Waals surface area (Å²) in [5, 5.41) is 9.34. The van der Waals surface area contributed by atoms with Crippen molar-refractivity contribution in [3.8, 4) is 0 Å². The van der Waals surface area contributed by atoms with Crippen molar-refractivity contribution in [3.63, 3.8) is 0 Å². The highest BCUT2D eigenvalue weighted by molar-refractivity contribution is 5.95. The largest absolute Gasteiger partial charge is 0.395 e. The second-order valence-corrected chi connectivity index (χ2v) is 5.26. The van der Waals surface area contributed by atoms with Crippen LogP contribution in [-0.4, -0.2) is 41.5 Å². The van der Waals surface area contributed by atoms with Gasteiger partial charge in [-0.15, -0.1) is 0 Å². The molecule has 0 radical (unpaired) electrons. The molecule has 1 unspecified atom stereocenters. The smallest absolute Gasteiger partial charge is 0.162 e. The summed E-state index contributed by atoms with van der Waals surface area (Å²) in [6.07, 6.45) is 4.99. The van der Waals surface area contributed by atoms with Crippen LogP contribution in [0.2, 0.25) is 0 Å². The molecule has 1 saturated heterocycles. The van der Waals surface area contributed by atoms with Gasteiger partial charge in [0.15, 0.2) is 5.78 Å². The van der Waals surface area contributed by atoms with Crippen LogP contribution in [0.25, 0.3) is 0 Å². The monoisotopic (exact) mass is 261 g/mol. The molecule has 1 aromatic rings. The molecule has 3 heteroatoms. The predicted octanol–water partition coefficient (Wildman–Crippen LogP) is 2.50. The van der Waals surface area contributed by atoms with Crippen LogP contribution in [0.1, 0.15) is 42.5 Å². The topological polar surface area (TPSA) is 40.5 Å². The molecule has 0 spiro atoms. The first-order valence-electron chi connectivity index (χ1n) is 7.24. The molecule has 1 heterocycles. The number of likely N-dealkylation sites (tertiary alicyclic amines) is 1. The Bertz CT molecular complexity index is 391. The minimum Gasteiger partial charge on any atom is -0.395 e. The molecular weight excluding hydrogens is 238 g/mol. The number of Topliss-reactive ketones (excluding diaryl/α,β-unsaturated/α-hetero) is 1. The van der Waals surface area contributed by atoms with Crippen LogP contribution in [0.4, 0.5) is 0 Å². The van der Waals surface area contributed by atoms with E-state index in [1.54, 1.807) is 0 Å². The molecule has 2 rings (SSSR count). The molecule has 1 atom stereocenters. The molecule has 1 fully saturated rings. The highest BCUT2D eigenvalue weighted by Crippen LogP contribution is 2.17. The number of ketones is 1. The lowest BCUT2D eigenvalue weighted by Crippen LogP contribution is -2.42. The van der Waals surface area contributed by atoms with Gasteiger partial charge in [0.1, 0.15) is 0 Å². The zero-order valence-corrected chi connectivity index (χ0v) is 11.4. The van der Waals surface area contributed by atoms with E-state index in [9.17, 15) is 9.90 Å². The fraction of sp³-hybridized carbons (Fsp3) is 0.562. The molecule has 104 valence electrons. The van der Waals surface area contributed by atoms with Crippen molar-refractivity contribution in [2.75, 3.05) is 19.7 Å². The summed E-state index contributed by atoms with van der Waals surface area (Å²) >= 11 is 0. The number of nitrogens with zero attached hydrogens (tertiary/aromatic N) is 1. The fourth-order valence-corrected chi connectivity index (χ4v) is 2.77. The van der Waals surface area contributed by atoms with Gasteiger partial charge < -0.3 is 5.11 Å². The third-order valence-electron chi connectivity index (χ3n) is 3.90. The van der Waals surface area contributed by atoms with E-state index in [-0.39, 0.29) is 12.4 Å². The van der Waals surface area contributed by atoms with E-state index in [1.165, 1.54) is 12.8 Å². The number of carbonyl (C=O) groups excluding carboxylic acids is 1. The van der Waals surface area contributed by atoms with Crippen molar-refractivity contribution in [1.82, 2.24) is 4.90 Å². The molecule has 0 amide bonds. The summed E-state index contributed by atoms with van der Waals surface area (Å²) in [5.41, 5.74) is 0.805. The van der Waals surface area contributed by atoms with Gasteiger partial charge in [-0.2, -0.15) is 0 Å². The third-order valence-corrected chi connectivity index (χ3v) is 3.90. The van der Waals surface area contributed by atoms with Gasteiger partial charge in [-0.3, -0.25) is 9.69 Å². The molecule has 19 heavy (non-hydrogen) atoms. The minimum atomic E-state index is 0.221. The van der Waals surface area contributed by atoms with Crippen molar-refractivity contribution in [3.05, 3.63) is 35.9 Å². The Morgan fingerprint density at radius 1 is 1.26 bits per heavy atom. The third kappa shape index (κ3) is 4.15. The lowest BCUT2D eigenvalue weighted by atomic mass is 10.0. The molecule has 3 nitrogen and oxygen atoms in total. The number of aliphatic hydroxyl groups excluding tert-OH is 1. The second kappa shape index (κ2) is 7.41. The van der Waals surface area contributed by atoms with Crippen LogP contribution in [0.3, 0.4) is 0 Å². The van der Waals surface area contributed by atoms with Crippen molar-refractivity contribution in [2.45, 2.75) is 38.1 Å². The van der Waals surface area contributed by atoms with E-state index in [4.69, 9.17) is 0 Å². The second-order valence-electron chi connectivity index (χ2n) is 5.26. The van der Waals surface area contributed by atoms with Crippen molar-refractivity contribution >= 4 is 5.78 Å². The molecule has 1 N–H and O–H groups in total. The fourth-order valence-electron chi connectivity index (χ4n) is 2.77. The maximum atomic E-state index is 12.0. The lowest BCUT2D eigenvalue weighted by molar-refractivity contribution is 0.0847. The zero-order valence-electron chi connectivity index (χ0n) is 11.4. The highest BCUT2D eigenvalue weighted by Gasteiger charge is 2.21. The van der Waals surface area contributed by atoms with Crippen molar-refractivity contribution < 1.29 is 9.90 Å². The average molecular weight is 261 g/mol. The summed E-state index contributed by atoms with van der Waals surface area (Å²) in [6.45, 7) is 2.22. The van der Waals surface area contributed by atoms with Gasteiger partial charge in [-0.1, -0.05) is 36.8 Å². The molecular formula is C16H23NO2. The van der Waals surface area contributed by atoms with Crippen molar-refractivity contribution in [2.24, 2.45) is 0 Å². The number of aliphatic hydroxyl groups is 1. The predicted molar refractivity (Wildman–Crippen MR) is 76.3 cm³/mol. The number of piperidine rings is 1. The molecule has 0 saturated carbocycles. The molecule has 1 aliphatic heterocycles. The zero-order chi connectivity index (χ0) is 13.5. The van der Waals surface area contributed by atoms with Crippen molar-refractivity contribution in [1.29, 1.82) is 0 Å². The quantitative estimate of drug-likeness (QED) is 0.800.